The van der Waals surface area contributed by atoms with Crippen molar-refractivity contribution in [2.75, 3.05) is 26.4 Å². The fourth-order valence-electron chi connectivity index (χ4n) is 21.1. The zero-order valence-corrected chi connectivity index (χ0v) is 124. The lowest BCUT2D eigenvalue weighted by molar-refractivity contribution is -0.0186. The van der Waals surface area contributed by atoms with E-state index in [2.05, 4.69) is 328 Å². The Kier molecular flexibility index (Phi) is 69.9. The van der Waals surface area contributed by atoms with Crippen molar-refractivity contribution in [2.45, 2.75) is 573 Å². The van der Waals surface area contributed by atoms with Crippen molar-refractivity contribution >= 4 is 204 Å². The lowest BCUT2D eigenvalue weighted by Crippen LogP contribution is -2.62. The minimum Gasteiger partial charge on any atom is -0.436 e. The molecule has 0 aliphatic rings. The highest BCUT2D eigenvalue weighted by Gasteiger charge is 2.56. The van der Waals surface area contributed by atoms with Gasteiger partial charge in [-0.2, -0.15) is 0 Å². The zero-order valence-electron chi connectivity index (χ0n) is 99.7. The van der Waals surface area contributed by atoms with E-state index in [4.69, 9.17) is 100 Å². The lowest BCUT2D eigenvalue weighted by atomic mass is 10.0. The molecule has 49 heteroatoms. The van der Waals surface area contributed by atoms with Crippen LogP contribution >= 0.6 is 0 Å². The monoisotopic (exact) mass is 2420 g/mol. The summed E-state index contributed by atoms with van der Waals surface area (Å²) in [6, 6.07) is 4.05. The van der Waals surface area contributed by atoms with Crippen molar-refractivity contribution in [1.82, 2.24) is 0 Å². The summed E-state index contributed by atoms with van der Waals surface area (Å²) in [6.07, 6.45) is 39.1. The third kappa shape index (κ3) is 82.3. The molecule has 0 aromatic heterocycles. The predicted octanol–water partition coefficient (Wildman–Crippen LogP) is 33.3. The zero-order chi connectivity index (χ0) is 107. The van der Waals surface area contributed by atoms with Gasteiger partial charge in [0, 0.05) is 13.2 Å². The Balaban J connectivity index is -0.0000313. The van der Waals surface area contributed by atoms with Crippen molar-refractivity contribution < 1.29 is 105 Å². The molecule has 0 spiro atoms. The molecule has 0 aliphatic carbocycles. The van der Waals surface area contributed by atoms with Crippen LogP contribution < -0.4 is 0 Å². The number of aliphatic hydroxyl groups excluding tert-OH is 1. The van der Waals surface area contributed by atoms with Crippen molar-refractivity contribution in [1.29, 1.82) is 0 Å². The summed E-state index contributed by atoms with van der Waals surface area (Å²) in [5.41, 5.74) is 0. The van der Waals surface area contributed by atoms with E-state index in [1.165, 1.54) is 180 Å². The molecule has 0 atom stereocenters. The van der Waals surface area contributed by atoms with Crippen LogP contribution in [0.1, 0.15) is 229 Å². The Bertz CT molecular complexity index is 3100. The van der Waals surface area contributed by atoms with E-state index in [0.29, 0.717) is 13.2 Å². The fourth-order valence-corrected chi connectivity index (χ4v) is 144. The summed E-state index contributed by atoms with van der Waals surface area (Å²) in [5, 5.41) is 10.9. The van der Waals surface area contributed by atoms with Gasteiger partial charge in [0.05, 0.1) is 13.2 Å². The minimum atomic E-state index is -2.85. The fraction of sp³-hybridized carbons (Fsp3) is 1.00. The molecule has 0 amide bonds. The Morgan fingerprint density at radius 1 is 0.142 bits per heavy atom. The van der Waals surface area contributed by atoms with Gasteiger partial charge in [0.1, 0.15) is 6.10 Å². The van der Waals surface area contributed by atoms with Gasteiger partial charge < -0.3 is 105 Å². The second kappa shape index (κ2) is 65.1. The lowest BCUT2D eigenvalue weighted by Gasteiger charge is -2.45. The van der Waals surface area contributed by atoms with Crippen LogP contribution in [0, 0.1) is 0 Å². The van der Waals surface area contributed by atoms with E-state index in [9.17, 15) is 5.11 Å². The average Bonchev–Trinajstić information content (AvgIpc) is 0.801. The molecular formula is C92H240O25Si24. The maximum absolute atomic E-state index is 10.9. The Morgan fingerprint density at radius 3 is 0.362 bits per heavy atom. The van der Waals surface area contributed by atoms with Crippen LogP contribution in [0.25, 0.3) is 0 Å². The molecular weight excluding hydrogens is 2180 g/mol. The van der Waals surface area contributed by atoms with Gasteiger partial charge in [0.25, 0.3) is 0 Å². The highest BCUT2D eigenvalue weighted by atomic mass is 28.6. The van der Waals surface area contributed by atoms with Crippen LogP contribution in [0.15, 0.2) is 0 Å². The smallest absolute Gasteiger partial charge is 0.314 e. The maximum atomic E-state index is 10.9. The Morgan fingerprint density at radius 2 is 0.241 bits per heavy atom. The van der Waals surface area contributed by atoms with Crippen molar-refractivity contribution in [3.63, 3.8) is 0 Å². The molecule has 1 N–H and O–H groups in total. The third-order valence-electron chi connectivity index (χ3n) is 22.0. The highest BCUT2D eigenvalue weighted by Crippen LogP contribution is 2.38. The first-order valence-corrected chi connectivity index (χ1v) is 123. The molecule has 0 rings (SSSR count). The number of unbranched alkanes of at least 4 members (excludes halogenated alkanes) is 26. The summed E-state index contributed by atoms with van der Waals surface area (Å²) in [4.78, 5) is 0. The molecule has 0 aromatic carbocycles. The van der Waals surface area contributed by atoms with Gasteiger partial charge in [-0.1, -0.05) is 216 Å². The van der Waals surface area contributed by atoms with Crippen molar-refractivity contribution in [3.05, 3.63) is 0 Å². The van der Waals surface area contributed by atoms with E-state index in [1.54, 1.807) is 0 Å². The molecule has 0 fully saturated rings. The second-order valence-corrected chi connectivity index (χ2v) is 141. The van der Waals surface area contributed by atoms with Gasteiger partial charge in [-0.15, -0.1) is 0 Å². The van der Waals surface area contributed by atoms with Gasteiger partial charge in [0.2, 0.25) is 0 Å². The van der Waals surface area contributed by atoms with Gasteiger partial charge in [-0.25, -0.2) is 0 Å². The van der Waals surface area contributed by atoms with Gasteiger partial charge in [-0.3, -0.25) is 0 Å². The summed E-state index contributed by atoms with van der Waals surface area (Å²) < 4.78 is 166. The second-order valence-electron chi connectivity index (χ2n) is 51.0. The van der Waals surface area contributed by atoms with Crippen LogP contribution in [0.4, 0.5) is 0 Å². The van der Waals surface area contributed by atoms with E-state index >= 15 is 0 Å². The summed E-state index contributed by atoms with van der Waals surface area (Å²) in [7, 11) is -63.6. The van der Waals surface area contributed by atoms with Crippen LogP contribution in [0.3, 0.4) is 0 Å². The number of ether oxygens (including phenoxy) is 2. The molecule has 0 aliphatic heterocycles. The number of hydrogen-bond donors (Lipinski definition) is 1. The van der Waals surface area contributed by atoms with Gasteiger partial charge in [0.15, 0.2) is 33.3 Å². The maximum Gasteiger partial charge on any atom is 0.314 e. The normalized spacial score (nSPS) is 14.7. The Labute approximate surface area is 901 Å². The van der Waals surface area contributed by atoms with Gasteiger partial charge in [-0.05, 0) is 351 Å². The van der Waals surface area contributed by atoms with Crippen LogP contribution in [-0.4, -0.2) is 242 Å². The molecule has 141 heavy (non-hydrogen) atoms. The van der Waals surface area contributed by atoms with E-state index < -0.39 is 211 Å². The quantitative estimate of drug-likeness (QED) is 0.0439. The largest absolute Gasteiger partial charge is 0.436 e. The molecule has 0 saturated heterocycles. The van der Waals surface area contributed by atoms with Crippen LogP contribution in [-0.2, 0) is 100 Å². The van der Waals surface area contributed by atoms with Crippen LogP contribution in [0.2, 0.25) is 338 Å². The first-order chi connectivity index (χ1) is 61.8. The molecule has 0 bridgehead atoms. The number of aliphatic hydroxyl groups is 1. The molecule has 0 unspecified atom stereocenters. The van der Waals surface area contributed by atoms with Gasteiger partial charge >= 0.3 is 171 Å². The van der Waals surface area contributed by atoms with Crippen molar-refractivity contribution in [2.24, 2.45) is 0 Å². The highest BCUT2D eigenvalue weighted by molar-refractivity contribution is 6.97. The average molecular weight is 2420 g/mol. The predicted molar refractivity (Wildman–Crippen MR) is 660 cm³/mol. The molecule has 0 heterocycles. The Hall–Kier alpha value is 4.21. The van der Waals surface area contributed by atoms with E-state index in [0.717, 1.165) is 37.0 Å². The first-order valence-electron chi connectivity index (χ1n) is 54.0. The molecule has 0 saturated carbocycles. The molecule has 25 nitrogen and oxygen atoms in total. The molecule has 0 aromatic rings. The summed E-state index contributed by atoms with van der Waals surface area (Å²) in [6.45, 7) is 109. The summed E-state index contributed by atoms with van der Waals surface area (Å²) >= 11 is 0. The van der Waals surface area contributed by atoms with Crippen molar-refractivity contribution in [3.8, 4) is 0 Å². The standard InChI is InChI=1S/C89H228O25Si24.3CH4/c1-51-53-55-57-59-61-63-65-67-69-71-73-75-77-83-115(3,4)93-119(11,12)97-123(19,20)101-127(27,28)105-131(35,36)109-135(43,44)113-137(47,48)111-133(39,40)107-129(31,32)103-125(23,24)99-121(15,16)95-117(7,8)85-79-81-91-87-89(90)88-92-82-80-86-118(9,10)96-122(17,18)100-126(25,26)104-130(33,34)108-134(41,42)112-138(49,50)114-136(45,46)110-132(37,38)106-128(29,30)102-124(21,22)98-120(13,14)94-116(5,6)84-78-76-74-72-70-68-66-64-62-60-58-56-54-52-2;;;/h89-90H,51-88H2,1-50H3;3*1H4. The first kappa shape index (κ1) is 151. The SMILES string of the molecule is C.C.C.CCCCCCCCCCCCCCCC[Si](C)(C)O[Si](C)(C)O[Si](C)(C)O[Si](C)(C)O[Si](C)(C)O[Si](C)(C)O[Si](C)(C)O[Si](C)(C)O[Si](C)(C)O[Si](C)(C)O[Si](C)(C)O[Si](C)(C)CCCOCC(O)COCCC[Si](C)(C)O[Si](C)(C)O[Si](C)(C)O[Si](C)(C)O[Si](C)(C)O[Si](C)(C)O[Si](C)(C)O[Si](C)(C)O[Si](C)(C)O[Si](C)(C)O[Si](C)(C)O[Si](C)(C)CCCCCCCCCCCCCCCC. The molecule has 854 valence electrons. The summed E-state index contributed by atoms with van der Waals surface area (Å²) in [5.74, 6) is 0. The van der Waals surface area contributed by atoms with E-state index in [1.807, 2.05) is 0 Å². The molecule has 0 radical (unpaired) electrons. The third-order valence-corrected chi connectivity index (χ3v) is 116. The number of rotatable bonds is 86. The van der Waals surface area contributed by atoms with Crippen LogP contribution in [0.5, 0.6) is 0 Å². The minimum absolute atomic E-state index is 0. The topological polar surface area (TPSA) is 242 Å². The number of hydrogen-bond acceptors (Lipinski definition) is 25. The van der Waals surface area contributed by atoms with E-state index in [-0.39, 0.29) is 35.5 Å².